The van der Waals surface area contributed by atoms with E-state index in [9.17, 15) is 9.59 Å². The van der Waals surface area contributed by atoms with Crippen LogP contribution < -0.4 is 5.32 Å². The van der Waals surface area contributed by atoms with Gasteiger partial charge in [0.15, 0.2) is 0 Å². The van der Waals surface area contributed by atoms with Gasteiger partial charge in [0.25, 0.3) is 0 Å². The smallest absolute Gasteiger partial charge is 0.322 e. The van der Waals surface area contributed by atoms with Crippen LogP contribution in [0.5, 0.6) is 0 Å². The van der Waals surface area contributed by atoms with Crippen LogP contribution in [-0.2, 0) is 9.59 Å². The fourth-order valence-electron chi connectivity index (χ4n) is 1.58. The summed E-state index contributed by atoms with van der Waals surface area (Å²) in [6.07, 6.45) is 0. The zero-order chi connectivity index (χ0) is 11.4. The van der Waals surface area contributed by atoms with Gasteiger partial charge in [-0.25, -0.2) is 0 Å². The van der Waals surface area contributed by atoms with Crippen LogP contribution >= 0.6 is 0 Å². The highest BCUT2D eigenvalue weighted by atomic mass is 16.4. The molecular weight excluding hydrogens is 200 g/mol. The van der Waals surface area contributed by atoms with Crippen LogP contribution in [-0.4, -0.2) is 59.3 Å². The van der Waals surface area contributed by atoms with Crippen molar-refractivity contribution in [1.29, 1.82) is 0 Å². The first-order valence-corrected chi connectivity index (χ1v) is 4.89. The third kappa shape index (κ3) is 3.17. The number of carbonyl (C=O) groups is 2. The number of nitrogens with one attached hydrogen (secondary N) is 1. The third-order valence-corrected chi connectivity index (χ3v) is 2.42. The van der Waals surface area contributed by atoms with Crippen molar-refractivity contribution in [3.8, 4) is 0 Å². The summed E-state index contributed by atoms with van der Waals surface area (Å²) in [6, 6.07) is -0.684. The van der Waals surface area contributed by atoms with Gasteiger partial charge in [-0.3, -0.25) is 14.5 Å². The Balaban J connectivity index is 2.61. The van der Waals surface area contributed by atoms with E-state index >= 15 is 0 Å². The Morgan fingerprint density at radius 3 is 2.93 bits per heavy atom. The van der Waals surface area contributed by atoms with E-state index in [0.29, 0.717) is 6.54 Å². The number of carboxylic acids is 1. The van der Waals surface area contributed by atoms with Crippen molar-refractivity contribution in [3.05, 3.63) is 0 Å². The molecule has 0 aromatic carbocycles. The number of carboxylic acid groups (broad SMARTS) is 1. The maximum absolute atomic E-state index is 11.1. The van der Waals surface area contributed by atoms with Crippen LogP contribution in [0.1, 0.15) is 6.92 Å². The van der Waals surface area contributed by atoms with E-state index in [0.717, 1.165) is 0 Å². The molecule has 1 heterocycles. The third-order valence-electron chi connectivity index (χ3n) is 2.42. The van der Waals surface area contributed by atoms with E-state index < -0.39 is 12.0 Å². The Hall–Kier alpha value is -1.14. The lowest BCUT2D eigenvalue weighted by molar-refractivity contribution is -0.146. The number of aliphatic hydroxyl groups excluding tert-OH is 1. The van der Waals surface area contributed by atoms with Gasteiger partial charge in [0.05, 0.1) is 6.54 Å². The van der Waals surface area contributed by atoms with Crippen molar-refractivity contribution in [2.45, 2.75) is 13.0 Å². The van der Waals surface area contributed by atoms with Gasteiger partial charge in [0, 0.05) is 19.7 Å². The quantitative estimate of drug-likeness (QED) is 0.532. The molecule has 1 aliphatic heterocycles. The predicted molar refractivity (Wildman–Crippen MR) is 52.3 cm³/mol. The first kappa shape index (κ1) is 11.9. The molecule has 86 valence electrons. The molecule has 0 aromatic rings. The summed E-state index contributed by atoms with van der Waals surface area (Å²) in [4.78, 5) is 23.6. The minimum atomic E-state index is -0.944. The summed E-state index contributed by atoms with van der Waals surface area (Å²) in [5, 5.41) is 20.3. The fourth-order valence-corrected chi connectivity index (χ4v) is 1.58. The Labute approximate surface area is 87.9 Å². The Bertz CT molecular complexity index is 256. The minimum Gasteiger partial charge on any atom is -0.480 e. The highest BCUT2D eigenvalue weighted by Gasteiger charge is 2.32. The van der Waals surface area contributed by atoms with Crippen LogP contribution in [0.3, 0.4) is 0 Å². The predicted octanol–water partition coefficient (Wildman–Crippen LogP) is -1.50. The second-order valence-electron chi connectivity index (χ2n) is 3.88. The summed E-state index contributed by atoms with van der Waals surface area (Å²) in [5.41, 5.74) is 0. The standard InChI is InChI=1S/C9H16N2O4/c1-6(5-12)3-11-4-8(13)10-2-7(11)9(14)15/h6-7,12H,2-5H2,1H3,(H,10,13)(H,14,15). The second kappa shape index (κ2) is 5.09. The monoisotopic (exact) mass is 216 g/mol. The van der Waals surface area contributed by atoms with E-state index in [2.05, 4.69) is 5.32 Å². The van der Waals surface area contributed by atoms with E-state index in [4.69, 9.17) is 10.2 Å². The number of rotatable bonds is 4. The van der Waals surface area contributed by atoms with Gasteiger partial charge in [0.1, 0.15) is 6.04 Å². The molecule has 6 nitrogen and oxygen atoms in total. The molecular formula is C9H16N2O4. The molecule has 1 fully saturated rings. The van der Waals surface area contributed by atoms with Crippen LogP contribution in [0.2, 0.25) is 0 Å². The first-order chi connectivity index (χ1) is 7.04. The summed E-state index contributed by atoms with van der Waals surface area (Å²) in [7, 11) is 0. The summed E-state index contributed by atoms with van der Waals surface area (Å²) in [5.74, 6) is -1.14. The highest BCUT2D eigenvalue weighted by Crippen LogP contribution is 2.08. The maximum atomic E-state index is 11.1. The molecule has 0 saturated carbocycles. The highest BCUT2D eigenvalue weighted by molar-refractivity contribution is 5.83. The largest absolute Gasteiger partial charge is 0.480 e. The van der Waals surface area contributed by atoms with Gasteiger partial charge in [-0.15, -0.1) is 0 Å². The van der Waals surface area contributed by atoms with Crippen molar-refractivity contribution in [2.24, 2.45) is 5.92 Å². The average molecular weight is 216 g/mol. The molecule has 0 spiro atoms. The summed E-state index contributed by atoms with van der Waals surface area (Å²) in [6.45, 7) is 2.43. The van der Waals surface area contributed by atoms with Crippen LogP contribution in [0.4, 0.5) is 0 Å². The van der Waals surface area contributed by atoms with Gasteiger partial charge in [-0.05, 0) is 5.92 Å². The van der Waals surface area contributed by atoms with Gasteiger partial charge < -0.3 is 15.5 Å². The van der Waals surface area contributed by atoms with Crippen molar-refractivity contribution >= 4 is 11.9 Å². The van der Waals surface area contributed by atoms with Gasteiger partial charge >= 0.3 is 5.97 Å². The number of aliphatic hydroxyl groups is 1. The van der Waals surface area contributed by atoms with Crippen LogP contribution in [0.25, 0.3) is 0 Å². The lowest BCUT2D eigenvalue weighted by Gasteiger charge is -2.33. The van der Waals surface area contributed by atoms with E-state index in [1.165, 1.54) is 0 Å². The first-order valence-electron chi connectivity index (χ1n) is 4.89. The van der Waals surface area contributed by atoms with Crippen LogP contribution in [0, 0.1) is 5.92 Å². The lowest BCUT2D eigenvalue weighted by atomic mass is 10.1. The number of hydrogen-bond donors (Lipinski definition) is 3. The van der Waals surface area contributed by atoms with Crippen molar-refractivity contribution in [1.82, 2.24) is 10.2 Å². The number of carbonyl (C=O) groups excluding carboxylic acids is 1. The Morgan fingerprint density at radius 2 is 2.40 bits per heavy atom. The molecule has 1 rings (SSSR count). The molecule has 0 aliphatic carbocycles. The van der Waals surface area contributed by atoms with Crippen molar-refractivity contribution < 1.29 is 19.8 Å². The number of amides is 1. The molecule has 1 amide bonds. The molecule has 0 radical (unpaired) electrons. The summed E-state index contributed by atoms with van der Waals surface area (Å²) < 4.78 is 0. The number of nitrogens with zero attached hydrogens (tertiary/aromatic N) is 1. The van der Waals surface area contributed by atoms with E-state index in [1.54, 1.807) is 4.90 Å². The second-order valence-corrected chi connectivity index (χ2v) is 3.88. The molecule has 0 bridgehead atoms. The van der Waals surface area contributed by atoms with Gasteiger partial charge in [-0.2, -0.15) is 0 Å². The van der Waals surface area contributed by atoms with E-state index in [1.807, 2.05) is 6.92 Å². The molecule has 15 heavy (non-hydrogen) atoms. The average Bonchev–Trinajstić information content (AvgIpc) is 2.17. The SMILES string of the molecule is CC(CO)CN1CC(=O)NCC1C(=O)O. The van der Waals surface area contributed by atoms with Gasteiger partial charge in [0.2, 0.25) is 5.91 Å². The van der Waals surface area contributed by atoms with Crippen molar-refractivity contribution in [3.63, 3.8) is 0 Å². The maximum Gasteiger partial charge on any atom is 0.322 e. The Kier molecular flexibility index (Phi) is 4.05. The zero-order valence-electron chi connectivity index (χ0n) is 8.64. The molecule has 2 unspecified atom stereocenters. The van der Waals surface area contributed by atoms with Crippen molar-refractivity contribution in [2.75, 3.05) is 26.2 Å². The molecule has 2 atom stereocenters. The molecule has 1 saturated heterocycles. The number of hydrogen-bond acceptors (Lipinski definition) is 4. The normalized spacial score (nSPS) is 24.7. The fraction of sp³-hybridized carbons (Fsp3) is 0.778. The molecule has 0 aromatic heterocycles. The topological polar surface area (TPSA) is 89.9 Å². The molecule has 6 heteroatoms. The minimum absolute atomic E-state index is 0.00947. The zero-order valence-corrected chi connectivity index (χ0v) is 8.64. The van der Waals surface area contributed by atoms with Gasteiger partial charge in [-0.1, -0.05) is 6.92 Å². The Morgan fingerprint density at radius 1 is 1.73 bits per heavy atom. The van der Waals surface area contributed by atoms with E-state index in [-0.39, 0.29) is 31.5 Å². The molecule has 3 N–H and O–H groups in total. The number of aliphatic carboxylic acids is 1. The number of piperazine rings is 1. The molecule has 1 aliphatic rings. The summed E-state index contributed by atoms with van der Waals surface area (Å²) >= 11 is 0. The van der Waals surface area contributed by atoms with Crippen LogP contribution in [0.15, 0.2) is 0 Å². The lowest BCUT2D eigenvalue weighted by Crippen LogP contribution is -2.58.